The number of methoxy groups -OCH3 is 1. The number of rotatable bonds is 8. The van der Waals surface area contributed by atoms with E-state index < -0.39 is 0 Å². The minimum Gasteiger partial charge on any atom is -0.496 e. The van der Waals surface area contributed by atoms with Crippen molar-refractivity contribution >= 4 is 17.5 Å². The Morgan fingerprint density at radius 1 is 1.00 bits per heavy atom. The quantitative estimate of drug-likeness (QED) is 0.565. The van der Waals surface area contributed by atoms with Crippen molar-refractivity contribution in [2.45, 2.75) is 26.3 Å². The van der Waals surface area contributed by atoms with Gasteiger partial charge in [0.25, 0.3) is 0 Å². The molecule has 2 aromatic rings. The first-order valence-electron chi connectivity index (χ1n) is 8.33. The Hall–Kier alpha value is -3.15. The number of carbonyl (C=O) groups is 2. The lowest BCUT2D eigenvalue weighted by molar-refractivity contribution is -0.121. The van der Waals surface area contributed by atoms with Crippen molar-refractivity contribution in [3.63, 3.8) is 0 Å². The molecule has 0 aliphatic carbocycles. The van der Waals surface area contributed by atoms with Gasteiger partial charge in [0, 0.05) is 17.8 Å². The van der Waals surface area contributed by atoms with E-state index in [1.807, 2.05) is 54.6 Å². The molecule has 0 aromatic heterocycles. The van der Waals surface area contributed by atoms with Gasteiger partial charge in [-0.15, -0.1) is 0 Å². The Balaban J connectivity index is 1.77. The number of benzene rings is 2. The summed E-state index contributed by atoms with van der Waals surface area (Å²) in [5, 5.41) is 6.80. The maximum atomic E-state index is 12.0. The molecule has 0 atom stereocenters. The zero-order valence-electron chi connectivity index (χ0n) is 15.0. The van der Waals surface area contributed by atoms with Crippen molar-refractivity contribution in [2.75, 3.05) is 7.11 Å². The molecule has 0 saturated carbocycles. The molecule has 0 fully saturated rings. The summed E-state index contributed by atoms with van der Waals surface area (Å²) in [6.45, 7) is 2.07. The van der Waals surface area contributed by atoms with E-state index in [4.69, 9.17) is 4.74 Å². The Morgan fingerprint density at radius 2 is 1.69 bits per heavy atom. The van der Waals surface area contributed by atoms with Gasteiger partial charge in [-0.1, -0.05) is 48.5 Å². The molecule has 0 unspecified atom stereocenters. The van der Waals surface area contributed by atoms with E-state index in [0.717, 1.165) is 16.9 Å². The molecule has 2 amide bonds. The van der Waals surface area contributed by atoms with Crippen LogP contribution in [-0.4, -0.2) is 24.6 Å². The van der Waals surface area contributed by atoms with Crippen LogP contribution >= 0.6 is 0 Å². The first-order valence-corrected chi connectivity index (χ1v) is 8.33. The predicted molar refractivity (Wildman–Crippen MR) is 101 cm³/mol. The SMILES string of the molecule is COc1ccccc1CNC(=O)C/C(C)=N\NC(=O)Cc1ccccc1. The van der Waals surface area contributed by atoms with Gasteiger partial charge >= 0.3 is 0 Å². The second-order valence-corrected chi connectivity index (χ2v) is 5.81. The Morgan fingerprint density at radius 3 is 2.42 bits per heavy atom. The molecular formula is C20H23N3O3. The third-order valence-corrected chi connectivity index (χ3v) is 3.66. The molecule has 6 nitrogen and oxygen atoms in total. The summed E-state index contributed by atoms with van der Waals surface area (Å²) in [7, 11) is 1.59. The number of carbonyl (C=O) groups excluding carboxylic acids is 2. The van der Waals surface area contributed by atoms with E-state index in [2.05, 4.69) is 15.8 Å². The second kappa shape index (κ2) is 9.98. The molecule has 6 heteroatoms. The average molecular weight is 353 g/mol. The molecule has 0 saturated heterocycles. The number of ether oxygens (including phenoxy) is 1. The van der Waals surface area contributed by atoms with Crippen molar-refractivity contribution in [1.29, 1.82) is 0 Å². The standard InChI is InChI=1S/C20H23N3O3/c1-15(22-23-20(25)13-16-8-4-3-5-9-16)12-19(24)21-14-17-10-6-7-11-18(17)26-2/h3-11H,12-14H2,1-2H3,(H,21,24)(H,23,25)/b22-15-. The van der Waals surface area contributed by atoms with Crippen LogP contribution in [0.1, 0.15) is 24.5 Å². The zero-order valence-corrected chi connectivity index (χ0v) is 15.0. The number of para-hydroxylation sites is 1. The van der Waals surface area contributed by atoms with Crippen molar-refractivity contribution in [2.24, 2.45) is 5.10 Å². The fraction of sp³-hybridized carbons (Fsp3) is 0.250. The van der Waals surface area contributed by atoms with Crippen LogP contribution in [0.3, 0.4) is 0 Å². The summed E-state index contributed by atoms with van der Waals surface area (Å²) in [6.07, 6.45) is 0.360. The smallest absolute Gasteiger partial charge is 0.244 e. The van der Waals surface area contributed by atoms with Gasteiger partial charge in [-0.05, 0) is 18.6 Å². The molecule has 136 valence electrons. The van der Waals surface area contributed by atoms with Gasteiger partial charge in [0.2, 0.25) is 11.8 Å². The highest BCUT2D eigenvalue weighted by molar-refractivity contribution is 6.00. The molecule has 0 spiro atoms. The topological polar surface area (TPSA) is 79.8 Å². The third kappa shape index (κ3) is 6.39. The molecule has 0 heterocycles. The molecule has 0 bridgehead atoms. The maximum absolute atomic E-state index is 12.0. The van der Waals surface area contributed by atoms with Gasteiger partial charge < -0.3 is 10.1 Å². The number of amides is 2. The molecule has 2 aromatic carbocycles. The van der Waals surface area contributed by atoms with Gasteiger partial charge in [-0.25, -0.2) is 5.43 Å². The van der Waals surface area contributed by atoms with Crippen LogP contribution in [0.4, 0.5) is 0 Å². The molecule has 2 rings (SSSR count). The highest BCUT2D eigenvalue weighted by Crippen LogP contribution is 2.16. The summed E-state index contributed by atoms with van der Waals surface area (Å²) in [5.74, 6) is 0.339. The summed E-state index contributed by atoms with van der Waals surface area (Å²) < 4.78 is 5.25. The molecule has 0 aliphatic heterocycles. The largest absolute Gasteiger partial charge is 0.496 e. The van der Waals surface area contributed by atoms with E-state index in [0.29, 0.717) is 12.3 Å². The number of hydrogen-bond donors (Lipinski definition) is 2. The Bertz CT molecular complexity index is 773. The molecule has 2 N–H and O–H groups in total. The third-order valence-electron chi connectivity index (χ3n) is 3.66. The first kappa shape index (κ1) is 19.2. The highest BCUT2D eigenvalue weighted by Gasteiger charge is 2.07. The van der Waals surface area contributed by atoms with Crippen LogP contribution in [-0.2, 0) is 22.6 Å². The van der Waals surface area contributed by atoms with Gasteiger partial charge in [-0.2, -0.15) is 5.10 Å². The van der Waals surface area contributed by atoms with Crippen molar-refractivity contribution in [3.05, 3.63) is 65.7 Å². The predicted octanol–water partition coefficient (Wildman–Crippen LogP) is 2.44. The van der Waals surface area contributed by atoms with Gasteiger partial charge in [0.15, 0.2) is 0 Å². The van der Waals surface area contributed by atoms with Gasteiger partial charge in [0.05, 0.1) is 20.0 Å². The number of nitrogens with zero attached hydrogens (tertiary/aromatic N) is 1. The van der Waals surface area contributed by atoms with E-state index in [1.165, 1.54) is 0 Å². The lowest BCUT2D eigenvalue weighted by atomic mass is 10.1. The minimum absolute atomic E-state index is 0.112. The highest BCUT2D eigenvalue weighted by atomic mass is 16.5. The van der Waals surface area contributed by atoms with Crippen LogP contribution in [0.25, 0.3) is 0 Å². The molecule has 26 heavy (non-hydrogen) atoms. The zero-order chi connectivity index (χ0) is 18.8. The lowest BCUT2D eigenvalue weighted by Gasteiger charge is -2.09. The van der Waals surface area contributed by atoms with E-state index in [1.54, 1.807) is 14.0 Å². The fourth-order valence-corrected chi connectivity index (χ4v) is 2.36. The molecular weight excluding hydrogens is 330 g/mol. The first-order chi connectivity index (χ1) is 12.6. The monoisotopic (exact) mass is 353 g/mol. The lowest BCUT2D eigenvalue weighted by Crippen LogP contribution is -2.26. The van der Waals surface area contributed by atoms with E-state index in [9.17, 15) is 9.59 Å². The Labute approximate surface area is 153 Å². The van der Waals surface area contributed by atoms with Crippen molar-refractivity contribution in [3.8, 4) is 5.75 Å². The van der Waals surface area contributed by atoms with Crippen LogP contribution < -0.4 is 15.5 Å². The van der Waals surface area contributed by atoms with Crippen LogP contribution in [0.5, 0.6) is 5.75 Å². The van der Waals surface area contributed by atoms with Gasteiger partial charge in [-0.3, -0.25) is 9.59 Å². The second-order valence-electron chi connectivity index (χ2n) is 5.81. The average Bonchev–Trinajstić information content (AvgIpc) is 2.66. The summed E-state index contributed by atoms with van der Waals surface area (Å²) in [5.41, 5.74) is 4.82. The minimum atomic E-state index is -0.218. The molecule has 0 aliphatic rings. The summed E-state index contributed by atoms with van der Waals surface area (Å²) in [6, 6.07) is 16.9. The van der Waals surface area contributed by atoms with Crippen molar-refractivity contribution < 1.29 is 14.3 Å². The molecule has 0 radical (unpaired) electrons. The fourth-order valence-electron chi connectivity index (χ4n) is 2.36. The summed E-state index contributed by atoms with van der Waals surface area (Å²) in [4.78, 5) is 23.9. The van der Waals surface area contributed by atoms with E-state index in [-0.39, 0.29) is 24.7 Å². The maximum Gasteiger partial charge on any atom is 0.244 e. The van der Waals surface area contributed by atoms with E-state index >= 15 is 0 Å². The number of nitrogens with one attached hydrogen (secondary N) is 2. The normalized spacial score (nSPS) is 10.9. The summed E-state index contributed by atoms with van der Waals surface area (Å²) >= 11 is 0. The van der Waals surface area contributed by atoms with Crippen LogP contribution in [0, 0.1) is 0 Å². The number of hydrogen-bond acceptors (Lipinski definition) is 4. The Kier molecular flexibility index (Phi) is 7.36. The van der Waals surface area contributed by atoms with Crippen LogP contribution in [0.15, 0.2) is 59.7 Å². The van der Waals surface area contributed by atoms with Crippen LogP contribution in [0.2, 0.25) is 0 Å². The van der Waals surface area contributed by atoms with Gasteiger partial charge in [0.1, 0.15) is 5.75 Å². The van der Waals surface area contributed by atoms with Crippen molar-refractivity contribution in [1.82, 2.24) is 10.7 Å². The number of hydrazone groups is 1.